The fraction of sp³-hybridized carbons (Fsp3) is 0.125. The van der Waals surface area contributed by atoms with Crippen LogP contribution in [-0.4, -0.2) is 24.2 Å². The molecule has 6 heteroatoms. The second-order valence-corrected chi connectivity index (χ2v) is 6.50. The molecule has 4 nitrogen and oxygen atoms in total. The third-order valence-electron chi connectivity index (χ3n) is 2.88. The van der Waals surface area contributed by atoms with Crippen LogP contribution in [0.4, 0.5) is 0 Å². The van der Waals surface area contributed by atoms with Gasteiger partial charge in [0.2, 0.25) is 0 Å². The van der Waals surface area contributed by atoms with Gasteiger partial charge in [0.05, 0.1) is 19.1 Å². The molecule has 2 aromatic rings. The van der Waals surface area contributed by atoms with Gasteiger partial charge in [-0.15, -0.1) is 0 Å². The van der Waals surface area contributed by atoms with Gasteiger partial charge in [-0.05, 0) is 42.0 Å². The van der Waals surface area contributed by atoms with Crippen LogP contribution in [0, 0.1) is 0 Å². The number of methoxy groups -OCH3 is 1. The van der Waals surface area contributed by atoms with Crippen molar-refractivity contribution in [3.8, 4) is 0 Å². The zero-order valence-electron chi connectivity index (χ0n) is 11.7. The van der Waals surface area contributed by atoms with E-state index in [2.05, 4.69) is 15.9 Å². The summed E-state index contributed by atoms with van der Waals surface area (Å²) in [5.74, 6) is -1.52. The number of carbonyl (C=O) groups is 2. The fourth-order valence-electron chi connectivity index (χ4n) is 1.87. The van der Waals surface area contributed by atoms with E-state index in [0.29, 0.717) is 5.56 Å². The van der Waals surface area contributed by atoms with Crippen LogP contribution in [-0.2, 0) is 16.0 Å². The van der Waals surface area contributed by atoms with Crippen LogP contribution in [0.3, 0.4) is 0 Å². The van der Waals surface area contributed by atoms with Crippen molar-refractivity contribution in [2.24, 2.45) is 0 Å². The fourth-order valence-corrected chi connectivity index (χ4v) is 3.00. The Bertz CT molecular complexity index is 698. The average molecular weight is 381 g/mol. The summed E-state index contributed by atoms with van der Waals surface area (Å²) in [6.07, 6.45) is -0.215. The van der Waals surface area contributed by atoms with E-state index in [-0.39, 0.29) is 12.0 Å². The minimum atomic E-state index is -0.988. The van der Waals surface area contributed by atoms with Crippen LogP contribution < -0.4 is 0 Å². The van der Waals surface area contributed by atoms with Gasteiger partial charge in [-0.2, -0.15) is 0 Å². The van der Waals surface area contributed by atoms with Crippen LogP contribution in [0.25, 0.3) is 0 Å². The molecule has 0 aromatic heterocycles. The highest BCUT2D eigenvalue weighted by Crippen LogP contribution is 2.30. The topological polar surface area (TPSA) is 63.6 Å². The number of esters is 1. The lowest BCUT2D eigenvalue weighted by atomic mass is 10.0. The number of benzene rings is 2. The first-order valence-electron chi connectivity index (χ1n) is 6.36. The van der Waals surface area contributed by atoms with Crippen molar-refractivity contribution in [2.45, 2.75) is 16.2 Å². The number of ether oxygens (including phenoxy) is 1. The second kappa shape index (κ2) is 7.47. The van der Waals surface area contributed by atoms with Crippen LogP contribution >= 0.6 is 27.7 Å². The van der Waals surface area contributed by atoms with Gasteiger partial charge < -0.3 is 9.84 Å². The lowest BCUT2D eigenvalue weighted by molar-refractivity contribution is -0.136. The first-order valence-corrected chi connectivity index (χ1v) is 7.97. The molecule has 2 rings (SSSR count). The maximum Gasteiger partial charge on any atom is 0.338 e. The van der Waals surface area contributed by atoms with E-state index in [4.69, 9.17) is 9.84 Å². The summed E-state index contributed by atoms with van der Waals surface area (Å²) in [5, 5.41) is 8.91. The molecule has 0 unspecified atom stereocenters. The molecule has 22 heavy (non-hydrogen) atoms. The Morgan fingerprint density at radius 1 is 1.14 bits per heavy atom. The molecule has 0 heterocycles. The van der Waals surface area contributed by atoms with Crippen molar-refractivity contribution in [1.82, 2.24) is 0 Å². The summed E-state index contributed by atoms with van der Waals surface area (Å²) in [5.41, 5.74) is 0.728. The van der Waals surface area contributed by atoms with Gasteiger partial charge in [0.1, 0.15) is 0 Å². The third kappa shape index (κ3) is 4.35. The Morgan fingerprint density at radius 3 is 2.36 bits per heavy atom. The first-order chi connectivity index (χ1) is 10.5. The summed E-state index contributed by atoms with van der Waals surface area (Å²) >= 11 is 4.87. The normalized spacial score (nSPS) is 10.3. The Morgan fingerprint density at radius 2 is 1.77 bits per heavy atom. The standard InChI is InChI=1S/C16H13BrO4S/c1-21-16(20)14-9-13(5-2-10(14)8-15(18)19)22-12-6-3-11(17)4-7-12/h2-7,9H,8H2,1H3,(H,18,19). The number of carboxylic acid groups (broad SMARTS) is 1. The molecular formula is C16H13BrO4S. The van der Waals surface area contributed by atoms with Crippen molar-refractivity contribution in [2.75, 3.05) is 7.11 Å². The molecule has 1 N–H and O–H groups in total. The highest BCUT2D eigenvalue weighted by Gasteiger charge is 2.15. The van der Waals surface area contributed by atoms with E-state index < -0.39 is 11.9 Å². The summed E-state index contributed by atoms with van der Waals surface area (Å²) in [4.78, 5) is 24.6. The molecule has 0 saturated carbocycles. The van der Waals surface area contributed by atoms with Crippen molar-refractivity contribution >= 4 is 39.6 Å². The predicted octanol–water partition coefficient (Wildman–Crippen LogP) is 4.01. The zero-order chi connectivity index (χ0) is 16.1. The first kappa shape index (κ1) is 16.6. The average Bonchev–Trinajstić information content (AvgIpc) is 2.50. The monoisotopic (exact) mass is 380 g/mol. The molecule has 2 aromatic carbocycles. The summed E-state index contributed by atoms with van der Waals surface area (Å²) < 4.78 is 5.72. The maximum atomic E-state index is 11.8. The largest absolute Gasteiger partial charge is 0.481 e. The maximum absolute atomic E-state index is 11.8. The summed E-state index contributed by atoms with van der Waals surface area (Å²) in [7, 11) is 1.28. The molecule has 0 atom stereocenters. The molecule has 0 fully saturated rings. The van der Waals surface area contributed by atoms with Crippen molar-refractivity contribution < 1.29 is 19.4 Å². The van der Waals surface area contributed by atoms with Crippen molar-refractivity contribution in [3.05, 3.63) is 58.1 Å². The molecule has 0 bridgehead atoms. The Kier molecular flexibility index (Phi) is 5.63. The van der Waals surface area contributed by atoms with E-state index in [0.717, 1.165) is 14.3 Å². The molecular weight excluding hydrogens is 368 g/mol. The van der Waals surface area contributed by atoms with E-state index >= 15 is 0 Å². The van der Waals surface area contributed by atoms with Gasteiger partial charge in [0.25, 0.3) is 0 Å². The third-order valence-corrected chi connectivity index (χ3v) is 4.40. The van der Waals surface area contributed by atoms with Gasteiger partial charge in [-0.1, -0.05) is 33.8 Å². The minimum Gasteiger partial charge on any atom is -0.481 e. The van der Waals surface area contributed by atoms with Gasteiger partial charge in [-0.25, -0.2) is 4.79 Å². The van der Waals surface area contributed by atoms with E-state index in [1.54, 1.807) is 18.2 Å². The summed E-state index contributed by atoms with van der Waals surface area (Å²) in [6.45, 7) is 0. The Hall–Kier alpha value is -1.79. The predicted molar refractivity (Wildman–Crippen MR) is 87.4 cm³/mol. The summed E-state index contributed by atoms with van der Waals surface area (Å²) in [6, 6.07) is 12.9. The molecule has 114 valence electrons. The van der Waals surface area contributed by atoms with Gasteiger partial charge in [-0.3, -0.25) is 4.79 Å². The van der Waals surface area contributed by atoms with Crippen LogP contribution in [0.2, 0.25) is 0 Å². The Labute approximate surface area is 140 Å². The second-order valence-electron chi connectivity index (χ2n) is 4.44. The highest BCUT2D eigenvalue weighted by molar-refractivity contribution is 9.10. The number of hydrogen-bond donors (Lipinski definition) is 1. The number of carbonyl (C=O) groups excluding carboxylic acids is 1. The lowest BCUT2D eigenvalue weighted by Gasteiger charge is -2.09. The number of hydrogen-bond acceptors (Lipinski definition) is 4. The number of aliphatic carboxylic acids is 1. The van der Waals surface area contributed by atoms with Crippen molar-refractivity contribution in [3.63, 3.8) is 0 Å². The quantitative estimate of drug-likeness (QED) is 0.793. The molecule has 0 aliphatic heterocycles. The van der Waals surface area contributed by atoms with Gasteiger partial charge in [0, 0.05) is 14.3 Å². The van der Waals surface area contributed by atoms with Crippen LogP contribution in [0.15, 0.2) is 56.7 Å². The molecule has 0 amide bonds. The molecule has 0 radical (unpaired) electrons. The van der Waals surface area contributed by atoms with Crippen molar-refractivity contribution in [1.29, 1.82) is 0 Å². The molecule has 0 saturated heterocycles. The molecule has 0 spiro atoms. The van der Waals surface area contributed by atoms with Crippen LogP contribution in [0.5, 0.6) is 0 Å². The van der Waals surface area contributed by atoms with Crippen LogP contribution in [0.1, 0.15) is 15.9 Å². The van der Waals surface area contributed by atoms with E-state index in [1.807, 2.05) is 24.3 Å². The minimum absolute atomic E-state index is 0.215. The van der Waals surface area contributed by atoms with Gasteiger partial charge >= 0.3 is 11.9 Å². The SMILES string of the molecule is COC(=O)c1cc(Sc2ccc(Br)cc2)ccc1CC(=O)O. The van der Waals surface area contributed by atoms with Gasteiger partial charge in [0.15, 0.2) is 0 Å². The zero-order valence-corrected chi connectivity index (χ0v) is 14.1. The van der Waals surface area contributed by atoms with E-state index in [9.17, 15) is 9.59 Å². The number of halogens is 1. The number of rotatable bonds is 5. The Balaban J connectivity index is 2.31. The molecule has 0 aliphatic carbocycles. The smallest absolute Gasteiger partial charge is 0.338 e. The number of carboxylic acids is 1. The highest BCUT2D eigenvalue weighted by atomic mass is 79.9. The molecule has 0 aliphatic rings. The lowest BCUT2D eigenvalue weighted by Crippen LogP contribution is -2.09. The van der Waals surface area contributed by atoms with E-state index in [1.165, 1.54) is 18.9 Å².